The third-order valence-electron chi connectivity index (χ3n) is 2.85. The van der Waals surface area contributed by atoms with Crippen LogP contribution in [0, 0.1) is 11.8 Å². The molecule has 0 unspecified atom stereocenters. The molecule has 0 aliphatic heterocycles. The Morgan fingerprint density at radius 2 is 2.24 bits per heavy atom. The molecular formula is C16H17NO2S2. The molecule has 0 bridgehead atoms. The van der Waals surface area contributed by atoms with Gasteiger partial charge in [-0.05, 0) is 17.5 Å². The molecule has 2 aromatic heterocycles. The Balaban J connectivity index is 1.89. The average molecular weight is 319 g/mol. The third-order valence-corrected chi connectivity index (χ3v) is 4.65. The Morgan fingerprint density at radius 1 is 1.38 bits per heavy atom. The van der Waals surface area contributed by atoms with Crippen molar-refractivity contribution in [2.75, 3.05) is 13.7 Å². The van der Waals surface area contributed by atoms with Gasteiger partial charge >= 0.3 is 0 Å². The molecule has 0 spiro atoms. The smallest absolute Gasteiger partial charge is 0.227 e. The summed E-state index contributed by atoms with van der Waals surface area (Å²) in [5.41, 5.74) is 0.947. The number of carbonyl (C=O) groups excluding carboxylic acids is 1. The number of rotatable bonds is 5. The van der Waals surface area contributed by atoms with E-state index < -0.39 is 0 Å². The van der Waals surface area contributed by atoms with E-state index in [0.29, 0.717) is 19.4 Å². The van der Waals surface area contributed by atoms with E-state index in [0.717, 1.165) is 15.3 Å². The number of nitrogens with zero attached hydrogens (tertiary/aromatic N) is 1. The van der Waals surface area contributed by atoms with E-state index in [9.17, 15) is 4.79 Å². The van der Waals surface area contributed by atoms with Crippen molar-refractivity contribution in [1.82, 2.24) is 4.90 Å². The summed E-state index contributed by atoms with van der Waals surface area (Å²) in [6.07, 6.45) is 0.951. The third kappa shape index (κ3) is 5.01. The number of amides is 1. The second-order valence-corrected chi connectivity index (χ2v) is 6.61. The van der Waals surface area contributed by atoms with Crippen molar-refractivity contribution < 1.29 is 9.90 Å². The number of hydrogen-bond acceptors (Lipinski definition) is 4. The minimum Gasteiger partial charge on any atom is -0.395 e. The van der Waals surface area contributed by atoms with Crippen molar-refractivity contribution >= 4 is 28.6 Å². The summed E-state index contributed by atoms with van der Waals surface area (Å²) in [7, 11) is 1.83. The molecule has 1 N–H and O–H groups in total. The van der Waals surface area contributed by atoms with Crippen LogP contribution in [0.1, 0.15) is 21.7 Å². The molecule has 5 heteroatoms. The van der Waals surface area contributed by atoms with Crippen LogP contribution in [0.4, 0.5) is 0 Å². The summed E-state index contributed by atoms with van der Waals surface area (Å²) in [5.74, 6) is 6.03. The first-order valence-corrected chi connectivity index (χ1v) is 8.38. The van der Waals surface area contributed by atoms with Gasteiger partial charge in [-0.15, -0.1) is 22.7 Å². The number of likely N-dealkylation sites (N-methyl/N-ethyl adjacent to an activating group) is 1. The van der Waals surface area contributed by atoms with Crippen LogP contribution in [-0.4, -0.2) is 29.6 Å². The van der Waals surface area contributed by atoms with Gasteiger partial charge in [-0.3, -0.25) is 4.79 Å². The van der Waals surface area contributed by atoms with E-state index in [1.807, 2.05) is 36.0 Å². The highest BCUT2D eigenvalue weighted by atomic mass is 32.1. The maximum atomic E-state index is 12.1. The molecule has 0 saturated carbocycles. The number of carbonyl (C=O) groups is 1. The van der Waals surface area contributed by atoms with Crippen molar-refractivity contribution in [3.05, 3.63) is 44.3 Å². The van der Waals surface area contributed by atoms with Gasteiger partial charge in [-0.25, -0.2) is 0 Å². The van der Waals surface area contributed by atoms with Gasteiger partial charge in [-0.1, -0.05) is 17.9 Å². The minimum atomic E-state index is 0.0873. The van der Waals surface area contributed by atoms with E-state index in [1.54, 1.807) is 27.6 Å². The van der Waals surface area contributed by atoms with Crippen LogP contribution in [0.3, 0.4) is 0 Å². The van der Waals surface area contributed by atoms with Crippen molar-refractivity contribution in [3.8, 4) is 11.8 Å². The summed E-state index contributed by atoms with van der Waals surface area (Å²) in [6.45, 7) is 0.695. The molecule has 2 heterocycles. The summed E-state index contributed by atoms with van der Waals surface area (Å²) < 4.78 is 0. The van der Waals surface area contributed by atoms with Gasteiger partial charge in [0.2, 0.25) is 5.91 Å². The monoisotopic (exact) mass is 319 g/mol. The van der Waals surface area contributed by atoms with Crippen LogP contribution >= 0.6 is 22.7 Å². The second kappa shape index (κ2) is 7.99. The normalized spacial score (nSPS) is 10.0. The van der Waals surface area contributed by atoms with Gasteiger partial charge in [0.1, 0.15) is 0 Å². The zero-order valence-electron chi connectivity index (χ0n) is 11.8. The van der Waals surface area contributed by atoms with Crippen molar-refractivity contribution in [3.63, 3.8) is 0 Å². The molecule has 1 amide bonds. The van der Waals surface area contributed by atoms with E-state index >= 15 is 0 Å². The molecular weight excluding hydrogens is 302 g/mol. The van der Waals surface area contributed by atoms with Crippen LogP contribution in [0.2, 0.25) is 0 Å². The predicted octanol–water partition coefficient (Wildman–Crippen LogP) is 2.74. The first-order valence-electron chi connectivity index (χ1n) is 6.62. The van der Waals surface area contributed by atoms with Crippen LogP contribution < -0.4 is 0 Å². The van der Waals surface area contributed by atoms with Crippen molar-refractivity contribution in [2.24, 2.45) is 0 Å². The molecule has 110 valence electrons. The molecule has 0 saturated heterocycles. The molecule has 0 aliphatic rings. The topological polar surface area (TPSA) is 40.5 Å². The zero-order chi connectivity index (χ0) is 15.1. The summed E-state index contributed by atoms with van der Waals surface area (Å²) in [4.78, 5) is 16.1. The molecule has 0 atom stereocenters. The lowest BCUT2D eigenvalue weighted by atomic mass is 10.2. The maximum absolute atomic E-state index is 12.1. The fraction of sp³-hybridized carbons (Fsp3) is 0.312. The van der Waals surface area contributed by atoms with E-state index in [2.05, 4.69) is 11.8 Å². The van der Waals surface area contributed by atoms with Crippen LogP contribution in [-0.2, 0) is 17.8 Å². The van der Waals surface area contributed by atoms with Gasteiger partial charge in [-0.2, -0.15) is 0 Å². The van der Waals surface area contributed by atoms with E-state index in [4.69, 9.17) is 5.11 Å². The lowest BCUT2D eigenvalue weighted by Crippen LogP contribution is -2.27. The highest BCUT2D eigenvalue weighted by molar-refractivity contribution is 7.10. The Hall–Kier alpha value is -1.61. The first kappa shape index (κ1) is 15.8. The lowest BCUT2D eigenvalue weighted by Gasteiger charge is -2.15. The molecule has 0 aliphatic carbocycles. The van der Waals surface area contributed by atoms with E-state index in [1.165, 1.54) is 0 Å². The maximum Gasteiger partial charge on any atom is 0.227 e. The van der Waals surface area contributed by atoms with Crippen LogP contribution in [0.25, 0.3) is 0 Å². The van der Waals surface area contributed by atoms with Gasteiger partial charge in [0.15, 0.2) is 0 Å². The second-order valence-electron chi connectivity index (χ2n) is 4.58. The first-order chi connectivity index (χ1) is 10.2. The molecule has 2 rings (SSSR count). The van der Waals surface area contributed by atoms with Gasteiger partial charge in [0.05, 0.1) is 19.6 Å². The average Bonchev–Trinajstić information content (AvgIpc) is 3.11. The molecule has 0 fully saturated rings. The predicted molar refractivity (Wildman–Crippen MR) is 87.4 cm³/mol. The number of aliphatic hydroxyl groups is 1. The molecule has 0 aromatic carbocycles. The Morgan fingerprint density at radius 3 is 2.95 bits per heavy atom. The largest absolute Gasteiger partial charge is 0.395 e. The van der Waals surface area contributed by atoms with Crippen molar-refractivity contribution in [1.29, 1.82) is 0 Å². The zero-order valence-corrected chi connectivity index (χ0v) is 13.5. The van der Waals surface area contributed by atoms with Crippen LogP contribution in [0.15, 0.2) is 29.0 Å². The Bertz CT molecular complexity index is 635. The Kier molecular flexibility index (Phi) is 6.00. The highest BCUT2D eigenvalue weighted by Crippen LogP contribution is 2.17. The fourth-order valence-electron chi connectivity index (χ4n) is 1.77. The lowest BCUT2D eigenvalue weighted by molar-refractivity contribution is -0.129. The minimum absolute atomic E-state index is 0.0873. The van der Waals surface area contributed by atoms with Gasteiger partial charge in [0, 0.05) is 34.2 Å². The molecule has 0 radical (unpaired) electrons. The van der Waals surface area contributed by atoms with Crippen molar-refractivity contribution in [2.45, 2.75) is 19.4 Å². The highest BCUT2D eigenvalue weighted by Gasteiger charge is 2.11. The van der Waals surface area contributed by atoms with Gasteiger partial charge < -0.3 is 10.0 Å². The summed E-state index contributed by atoms with van der Waals surface area (Å²) in [6, 6.07) is 5.95. The summed E-state index contributed by atoms with van der Waals surface area (Å²) >= 11 is 3.21. The molecule has 3 nitrogen and oxygen atoms in total. The SMILES string of the molecule is CN(Cc1cc(C#CCCO)cs1)C(=O)Cc1cccs1. The standard InChI is InChI=1S/C16H17NO2S2/c1-17(16(19)10-14-6-4-8-20-14)11-15-9-13(12-21-15)5-2-3-7-18/h4,6,8-9,12,18H,3,7,10-11H2,1H3. The number of hydrogen-bond donors (Lipinski definition) is 1. The van der Waals surface area contributed by atoms with Crippen LogP contribution in [0.5, 0.6) is 0 Å². The number of aliphatic hydroxyl groups excluding tert-OH is 1. The molecule has 2 aromatic rings. The number of thiophene rings is 2. The summed E-state index contributed by atoms with van der Waals surface area (Å²) in [5, 5.41) is 12.7. The van der Waals surface area contributed by atoms with Gasteiger partial charge in [0.25, 0.3) is 0 Å². The quantitative estimate of drug-likeness (QED) is 0.861. The molecule has 21 heavy (non-hydrogen) atoms. The Labute approximate surface area is 132 Å². The van der Waals surface area contributed by atoms with E-state index in [-0.39, 0.29) is 12.5 Å². The fourth-order valence-corrected chi connectivity index (χ4v) is 3.33.